The number of piperidine rings is 1. The molecule has 1 aliphatic carbocycles. The molecule has 8 heteroatoms. The Bertz CT molecular complexity index is 618. The fourth-order valence-electron chi connectivity index (χ4n) is 3.97. The molecule has 2 heterocycles. The number of hydrogen-bond donors (Lipinski definition) is 1. The second-order valence-electron chi connectivity index (χ2n) is 7.12. The number of ether oxygens (including phenoxy) is 1. The maximum atomic E-state index is 12.7. The Morgan fingerprint density at radius 1 is 1.32 bits per heavy atom. The lowest BCUT2D eigenvalue weighted by molar-refractivity contribution is -0.134. The second kappa shape index (κ2) is 7.95. The summed E-state index contributed by atoms with van der Waals surface area (Å²) in [5.74, 6) is -0.499. The number of aromatic nitrogens is 3. The van der Waals surface area contributed by atoms with Crippen LogP contribution in [-0.2, 0) is 9.53 Å². The number of carboxylic acids is 1. The van der Waals surface area contributed by atoms with Crippen LogP contribution in [-0.4, -0.2) is 63.2 Å². The molecule has 138 valence electrons. The molecule has 1 amide bonds. The third kappa shape index (κ3) is 4.36. The van der Waals surface area contributed by atoms with Crippen LogP contribution < -0.4 is 0 Å². The molecule has 8 nitrogen and oxygen atoms in total. The number of methoxy groups -OCH3 is 1. The summed E-state index contributed by atoms with van der Waals surface area (Å²) in [5, 5.41) is 16.6. The summed E-state index contributed by atoms with van der Waals surface area (Å²) in [6, 6.07) is -0.00335. The Kier molecular flexibility index (Phi) is 5.67. The van der Waals surface area contributed by atoms with E-state index in [1.54, 1.807) is 11.8 Å². The number of carboxylic acid groups (broad SMARTS) is 1. The summed E-state index contributed by atoms with van der Waals surface area (Å²) in [7, 11) is 1.74. The molecular weight excluding hydrogens is 324 g/mol. The first kappa shape index (κ1) is 17.8. The van der Waals surface area contributed by atoms with E-state index in [4.69, 9.17) is 9.84 Å². The number of amides is 1. The first-order chi connectivity index (χ1) is 12.1. The van der Waals surface area contributed by atoms with Crippen molar-refractivity contribution in [3.8, 4) is 0 Å². The lowest BCUT2D eigenvalue weighted by Gasteiger charge is -2.34. The topological polar surface area (TPSA) is 97.5 Å². The van der Waals surface area contributed by atoms with Crippen molar-refractivity contribution in [2.75, 3.05) is 20.2 Å². The van der Waals surface area contributed by atoms with Gasteiger partial charge in [0, 0.05) is 26.6 Å². The fraction of sp³-hybridized carbons (Fsp3) is 0.765. The summed E-state index contributed by atoms with van der Waals surface area (Å²) in [6.45, 7) is 1.33. The van der Waals surface area contributed by atoms with Gasteiger partial charge < -0.3 is 14.7 Å². The van der Waals surface area contributed by atoms with Gasteiger partial charge in [0.25, 0.3) is 0 Å². The average molecular weight is 350 g/mol. The Balaban J connectivity index is 1.56. The third-order valence-corrected chi connectivity index (χ3v) is 5.38. The normalized spacial score (nSPS) is 27.2. The Morgan fingerprint density at radius 3 is 2.88 bits per heavy atom. The van der Waals surface area contributed by atoms with E-state index in [-0.39, 0.29) is 23.7 Å². The van der Waals surface area contributed by atoms with E-state index in [0.29, 0.717) is 18.9 Å². The van der Waals surface area contributed by atoms with Crippen molar-refractivity contribution in [2.45, 2.75) is 57.1 Å². The van der Waals surface area contributed by atoms with E-state index >= 15 is 0 Å². The van der Waals surface area contributed by atoms with Crippen molar-refractivity contribution >= 4 is 11.9 Å². The van der Waals surface area contributed by atoms with Crippen LogP contribution in [0, 0.1) is 5.92 Å². The molecule has 3 unspecified atom stereocenters. The number of carbonyl (C=O) groups excluding carboxylic acids is 1. The van der Waals surface area contributed by atoms with E-state index < -0.39 is 5.97 Å². The minimum atomic E-state index is -1.08. The van der Waals surface area contributed by atoms with Crippen molar-refractivity contribution in [3.63, 3.8) is 0 Å². The van der Waals surface area contributed by atoms with E-state index in [9.17, 15) is 9.59 Å². The van der Waals surface area contributed by atoms with Gasteiger partial charge in [-0.3, -0.25) is 4.79 Å². The Hall–Kier alpha value is -1.96. The molecule has 1 saturated heterocycles. The molecule has 2 aliphatic rings. The fourth-order valence-corrected chi connectivity index (χ4v) is 3.97. The van der Waals surface area contributed by atoms with Crippen molar-refractivity contribution < 1.29 is 19.4 Å². The van der Waals surface area contributed by atoms with E-state index in [1.165, 1.54) is 6.20 Å². The van der Waals surface area contributed by atoms with Crippen molar-refractivity contribution in [3.05, 3.63) is 11.9 Å². The summed E-state index contributed by atoms with van der Waals surface area (Å²) >= 11 is 0. The molecule has 1 aromatic heterocycles. The molecule has 2 fully saturated rings. The van der Waals surface area contributed by atoms with Gasteiger partial charge in [0.1, 0.15) is 0 Å². The zero-order chi connectivity index (χ0) is 17.8. The molecule has 1 aromatic rings. The van der Waals surface area contributed by atoms with Crippen molar-refractivity contribution in [2.24, 2.45) is 5.92 Å². The number of likely N-dealkylation sites (tertiary alicyclic amines) is 1. The Morgan fingerprint density at radius 2 is 2.16 bits per heavy atom. The summed E-state index contributed by atoms with van der Waals surface area (Å²) in [6.07, 6.45) is 8.34. The van der Waals surface area contributed by atoms with Gasteiger partial charge in [-0.05, 0) is 38.0 Å². The standard InChI is InChI=1S/C17H26N4O4/c1-25-14-6-2-4-12(8-14)9-16(22)20-7-3-5-13(10-20)21-11-15(17(23)24)18-19-21/h11-14H,2-10H2,1H3,(H,23,24). The predicted octanol–water partition coefficient (Wildman–Crippen LogP) is 1.74. The van der Waals surface area contributed by atoms with Crippen LogP contribution in [0.5, 0.6) is 0 Å². The van der Waals surface area contributed by atoms with Crippen molar-refractivity contribution in [1.82, 2.24) is 19.9 Å². The summed E-state index contributed by atoms with van der Waals surface area (Å²) in [4.78, 5) is 25.5. The van der Waals surface area contributed by atoms with Crippen LogP contribution in [0.4, 0.5) is 0 Å². The van der Waals surface area contributed by atoms with Gasteiger partial charge in [-0.2, -0.15) is 0 Å². The van der Waals surface area contributed by atoms with Crippen LogP contribution in [0.3, 0.4) is 0 Å². The summed E-state index contributed by atoms with van der Waals surface area (Å²) in [5.41, 5.74) is -0.0590. The Labute approximate surface area is 147 Å². The minimum Gasteiger partial charge on any atom is -0.476 e. The molecular formula is C17H26N4O4. The van der Waals surface area contributed by atoms with Gasteiger partial charge >= 0.3 is 5.97 Å². The summed E-state index contributed by atoms with van der Waals surface area (Å²) < 4.78 is 7.04. The van der Waals surface area contributed by atoms with Gasteiger partial charge in [-0.1, -0.05) is 11.6 Å². The van der Waals surface area contributed by atoms with Gasteiger partial charge in [0.05, 0.1) is 18.3 Å². The largest absolute Gasteiger partial charge is 0.476 e. The molecule has 1 saturated carbocycles. The lowest BCUT2D eigenvalue weighted by atomic mass is 9.84. The highest BCUT2D eigenvalue weighted by atomic mass is 16.5. The molecule has 0 spiro atoms. The van der Waals surface area contributed by atoms with E-state index in [0.717, 1.165) is 45.1 Å². The quantitative estimate of drug-likeness (QED) is 0.868. The number of nitrogens with zero attached hydrogens (tertiary/aromatic N) is 4. The number of aromatic carboxylic acids is 1. The smallest absolute Gasteiger partial charge is 0.358 e. The zero-order valence-corrected chi connectivity index (χ0v) is 14.6. The zero-order valence-electron chi connectivity index (χ0n) is 14.6. The SMILES string of the molecule is COC1CCCC(CC(=O)N2CCCC(n3cc(C(=O)O)nn3)C2)C1. The highest BCUT2D eigenvalue weighted by molar-refractivity contribution is 5.84. The first-order valence-corrected chi connectivity index (χ1v) is 9.02. The molecule has 0 radical (unpaired) electrons. The minimum absolute atomic E-state index is 0.00335. The molecule has 1 N–H and O–H groups in total. The number of hydrogen-bond acceptors (Lipinski definition) is 5. The van der Waals surface area contributed by atoms with E-state index in [2.05, 4.69) is 10.3 Å². The highest BCUT2D eigenvalue weighted by Crippen LogP contribution is 2.30. The molecule has 0 bridgehead atoms. The lowest BCUT2D eigenvalue weighted by Crippen LogP contribution is -2.42. The van der Waals surface area contributed by atoms with Crippen LogP contribution >= 0.6 is 0 Å². The van der Waals surface area contributed by atoms with Crippen LogP contribution in [0.15, 0.2) is 6.20 Å². The molecule has 3 rings (SSSR count). The number of carbonyl (C=O) groups is 2. The van der Waals surface area contributed by atoms with Gasteiger partial charge in [0.2, 0.25) is 5.91 Å². The maximum absolute atomic E-state index is 12.7. The van der Waals surface area contributed by atoms with E-state index in [1.807, 2.05) is 4.90 Å². The maximum Gasteiger partial charge on any atom is 0.358 e. The van der Waals surface area contributed by atoms with Gasteiger partial charge in [0.15, 0.2) is 5.69 Å². The van der Waals surface area contributed by atoms with Crippen LogP contribution in [0.1, 0.15) is 61.5 Å². The molecule has 3 atom stereocenters. The monoisotopic (exact) mass is 350 g/mol. The van der Waals surface area contributed by atoms with Gasteiger partial charge in [-0.15, -0.1) is 5.10 Å². The second-order valence-corrected chi connectivity index (χ2v) is 7.12. The van der Waals surface area contributed by atoms with Gasteiger partial charge in [-0.25, -0.2) is 9.48 Å². The highest BCUT2D eigenvalue weighted by Gasteiger charge is 2.29. The molecule has 1 aliphatic heterocycles. The predicted molar refractivity (Wildman–Crippen MR) is 89.2 cm³/mol. The third-order valence-electron chi connectivity index (χ3n) is 5.38. The molecule has 0 aromatic carbocycles. The first-order valence-electron chi connectivity index (χ1n) is 9.02. The van der Waals surface area contributed by atoms with Crippen LogP contribution in [0.2, 0.25) is 0 Å². The average Bonchev–Trinajstić information content (AvgIpc) is 3.12. The van der Waals surface area contributed by atoms with Crippen LogP contribution in [0.25, 0.3) is 0 Å². The van der Waals surface area contributed by atoms with Crippen molar-refractivity contribution in [1.29, 1.82) is 0 Å². The molecule has 25 heavy (non-hydrogen) atoms. The number of rotatable bonds is 5.